The lowest BCUT2D eigenvalue weighted by molar-refractivity contribution is 0.322. The van der Waals surface area contributed by atoms with Gasteiger partial charge in [0.15, 0.2) is 0 Å². The molecule has 3 rings (SSSR count). The summed E-state index contributed by atoms with van der Waals surface area (Å²) >= 11 is 0. The molecule has 1 fully saturated rings. The first-order chi connectivity index (χ1) is 11.1. The Labute approximate surface area is 140 Å². The van der Waals surface area contributed by atoms with E-state index >= 15 is 0 Å². The minimum Gasteiger partial charge on any atom is -0.346 e. The van der Waals surface area contributed by atoms with Crippen LogP contribution in [0.15, 0.2) is 24.0 Å². The van der Waals surface area contributed by atoms with E-state index in [9.17, 15) is 0 Å². The molecule has 0 spiro atoms. The second-order valence-electron chi connectivity index (χ2n) is 7.39. The number of hydrogen-bond acceptors (Lipinski definition) is 1. The molecule has 0 unspecified atom stereocenters. The molecule has 23 heavy (non-hydrogen) atoms. The molecular weight excluding hydrogens is 280 g/mol. The average Bonchev–Trinajstić information content (AvgIpc) is 2.84. The van der Waals surface area contributed by atoms with Gasteiger partial charge in [0.1, 0.15) is 0 Å². The van der Waals surface area contributed by atoms with E-state index in [1.807, 2.05) is 0 Å². The van der Waals surface area contributed by atoms with Gasteiger partial charge in [-0.3, -0.25) is 4.98 Å². The molecule has 1 saturated carbocycles. The fourth-order valence-electron chi connectivity index (χ4n) is 4.15. The smallest absolute Gasteiger partial charge is 0.0910 e. The average molecular weight is 310 g/mol. The molecule has 0 radical (unpaired) electrons. The van der Waals surface area contributed by atoms with Crippen molar-refractivity contribution in [1.82, 2.24) is 9.55 Å². The summed E-state index contributed by atoms with van der Waals surface area (Å²) in [7, 11) is 0. The summed E-state index contributed by atoms with van der Waals surface area (Å²) in [4.78, 5) is 4.79. The Morgan fingerprint density at radius 1 is 1.22 bits per heavy atom. The second-order valence-corrected chi connectivity index (χ2v) is 7.39. The number of fused-ring (bicyclic) bond motifs is 1. The molecule has 0 amide bonds. The highest BCUT2D eigenvalue weighted by Crippen LogP contribution is 2.30. The Hall–Kier alpha value is -1.57. The monoisotopic (exact) mass is 310 g/mol. The third-order valence-electron chi connectivity index (χ3n) is 5.39. The molecule has 0 aliphatic heterocycles. The van der Waals surface area contributed by atoms with Crippen molar-refractivity contribution >= 4 is 16.6 Å². The molecule has 0 bridgehead atoms. The highest BCUT2D eigenvalue weighted by atomic mass is 15.0. The van der Waals surface area contributed by atoms with Crippen LogP contribution < -0.4 is 0 Å². The molecular formula is C21H30N2. The van der Waals surface area contributed by atoms with Crippen LogP contribution in [-0.4, -0.2) is 9.55 Å². The quantitative estimate of drug-likeness (QED) is 0.664. The van der Waals surface area contributed by atoms with Crippen LogP contribution in [0, 0.1) is 12.8 Å². The van der Waals surface area contributed by atoms with Gasteiger partial charge in [0.2, 0.25) is 0 Å². The summed E-state index contributed by atoms with van der Waals surface area (Å²) in [5.74, 6) is 0.844. The number of rotatable bonds is 4. The van der Waals surface area contributed by atoms with E-state index in [2.05, 4.69) is 50.7 Å². The molecule has 2 heterocycles. The second kappa shape index (κ2) is 6.90. The molecule has 124 valence electrons. The maximum absolute atomic E-state index is 4.79. The Kier molecular flexibility index (Phi) is 4.89. The predicted octanol–water partition coefficient (Wildman–Crippen LogP) is 6.13. The lowest BCUT2D eigenvalue weighted by atomic mass is 9.89. The SMILES string of the molecule is CCC(=C(C)C)c1cnc2c(C)cn(CC3CCCCC3)c2c1. The van der Waals surface area contributed by atoms with E-state index in [-0.39, 0.29) is 0 Å². The van der Waals surface area contributed by atoms with Crippen LogP contribution in [0.3, 0.4) is 0 Å². The minimum atomic E-state index is 0.844. The molecule has 0 atom stereocenters. The van der Waals surface area contributed by atoms with Crippen LogP contribution in [0.4, 0.5) is 0 Å². The maximum Gasteiger partial charge on any atom is 0.0910 e. The van der Waals surface area contributed by atoms with Gasteiger partial charge >= 0.3 is 0 Å². The Balaban J connectivity index is 1.99. The summed E-state index contributed by atoms with van der Waals surface area (Å²) in [6.07, 6.45) is 12.5. The Morgan fingerprint density at radius 2 is 1.96 bits per heavy atom. The van der Waals surface area contributed by atoms with Crippen molar-refractivity contribution in [2.75, 3.05) is 0 Å². The molecule has 0 aromatic carbocycles. The molecule has 1 aliphatic rings. The van der Waals surface area contributed by atoms with Gasteiger partial charge in [0.05, 0.1) is 11.0 Å². The number of allylic oxidation sites excluding steroid dienone is 2. The lowest BCUT2D eigenvalue weighted by Crippen LogP contribution is -2.13. The third-order valence-corrected chi connectivity index (χ3v) is 5.39. The predicted molar refractivity (Wildman–Crippen MR) is 99.6 cm³/mol. The molecule has 2 aromatic rings. The van der Waals surface area contributed by atoms with Crippen molar-refractivity contribution in [3.63, 3.8) is 0 Å². The Bertz CT molecular complexity index is 711. The summed E-state index contributed by atoms with van der Waals surface area (Å²) in [5.41, 5.74) is 7.92. The van der Waals surface area contributed by atoms with Gasteiger partial charge in [-0.2, -0.15) is 0 Å². The highest BCUT2D eigenvalue weighted by molar-refractivity contribution is 5.83. The highest BCUT2D eigenvalue weighted by Gasteiger charge is 2.16. The summed E-state index contributed by atoms with van der Waals surface area (Å²) in [5, 5.41) is 0. The first-order valence-corrected chi connectivity index (χ1v) is 9.22. The number of hydrogen-bond donors (Lipinski definition) is 0. The van der Waals surface area contributed by atoms with E-state index in [1.165, 1.54) is 65.4 Å². The van der Waals surface area contributed by atoms with E-state index in [1.54, 1.807) is 0 Å². The van der Waals surface area contributed by atoms with E-state index in [0.717, 1.165) is 18.9 Å². The van der Waals surface area contributed by atoms with E-state index < -0.39 is 0 Å². The maximum atomic E-state index is 4.79. The van der Waals surface area contributed by atoms with Crippen molar-refractivity contribution in [2.45, 2.75) is 72.8 Å². The zero-order valence-corrected chi connectivity index (χ0v) is 15.2. The van der Waals surface area contributed by atoms with Crippen molar-refractivity contribution < 1.29 is 0 Å². The summed E-state index contributed by atoms with van der Waals surface area (Å²) in [6.45, 7) is 9.99. The number of pyridine rings is 1. The Morgan fingerprint density at radius 3 is 2.61 bits per heavy atom. The fraction of sp³-hybridized carbons (Fsp3) is 0.571. The van der Waals surface area contributed by atoms with Crippen LogP contribution >= 0.6 is 0 Å². The number of aromatic nitrogens is 2. The van der Waals surface area contributed by atoms with Crippen LogP contribution in [0.2, 0.25) is 0 Å². The summed E-state index contributed by atoms with van der Waals surface area (Å²) < 4.78 is 2.47. The van der Waals surface area contributed by atoms with Crippen LogP contribution in [0.25, 0.3) is 16.6 Å². The first kappa shape index (κ1) is 16.3. The number of nitrogens with zero attached hydrogens (tertiary/aromatic N) is 2. The van der Waals surface area contributed by atoms with Gasteiger partial charge in [-0.1, -0.05) is 31.8 Å². The fourth-order valence-corrected chi connectivity index (χ4v) is 4.15. The van der Waals surface area contributed by atoms with Crippen molar-refractivity contribution in [3.8, 4) is 0 Å². The van der Waals surface area contributed by atoms with Crippen LogP contribution in [0.5, 0.6) is 0 Å². The number of aryl methyl sites for hydroxylation is 1. The van der Waals surface area contributed by atoms with Gasteiger partial charge in [-0.15, -0.1) is 0 Å². The molecule has 2 aromatic heterocycles. The molecule has 0 saturated heterocycles. The normalized spacial score (nSPS) is 16.0. The van der Waals surface area contributed by atoms with Gasteiger partial charge in [-0.05, 0) is 68.7 Å². The van der Waals surface area contributed by atoms with Gasteiger partial charge < -0.3 is 4.57 Å². The van der Waals surface area contributed by atoms with Crippen molar-refractivity contribution in [2.24, 2.45) is 5.92 Å². The minimum absolute atomic E-state index is 0.844. The standard InChI is InChI=1S/C21H30N2/c1-5-19(15(2)3)18-11-20-21(22-12-18)16(4)13-23(20)14-17-9-7-6-8-10-17/h11-13,17H,5-10,14H2,1-4H3. The largest absolute Gasteiger partial charge is 0.346 e. The van der Waals surface area contributed by atoms with Crippen LogP contribution in [0.1, 0.15) is 70.4 Å². The lowest BCUT2D eigenvalue weighted by Gasteiger charge is -2.22. The van der Waals surface area contributed by atoms with Crippen molar-refractivity contribution in [3.05, 3.63) is 35.2 Å². The molecule has 1 aliphatic carbocycles. The zero-order chi connectivity index (χ0) is 16.4. The topological polar surface area (TPSA) is 17.8 Å². The van der Waals surface area contributed by atoms with Crippen molar-refractivity contribution in [1.29, 1.82) is 0 Å². The van der Waals surface area contributed by atoms with E-state index in [0.29, 0.717) is 0 Å². The van der Waals surface area contributed by atoms with Gasteiger partial charge in [0.25, 0.3) is 0 Å². The third kappa shape index (κ3) is 3.36. The molecule has 2 nitrogen and oxygen atoms in total. The summed E-state index contributed by atoms with van der Waals surface area (Å²) in [6, 6.07) is 2.37. The zero-order valence-electron chi connectivity index (χ0n) is 15.2. The molecule has 0 N–H and O–H groups in total. The van der Waals surface area contributed by atoms with Gasteiger partial charge in [0, 0.05) is 18.9 Å². The first-order valence-electron chi connectivity index (χ1n) is 9.22. The molecule has 2 heteroatoms. The van der Waals surface area contributed by atoms with E-state index in [4.69, 9.17) is 4.98 Å². The van der Waals surface area contributed by atoms with Crippen LogP contribution in [-0.2, 0) is 6.54 Å². The van der Waals surface area contributed by atoms with Gasteiger partial charge in [-0.25, -0.2) is 0 Å².